The molecule has 102 valence electrons. The van der Waals surface area contributed by atoms with E-state index >= 15 is 0 Å². The number of rotatable bonds is 2. The van der Waals surface area contributed by atoms with Crippen LogP contribution in [0.2, 0.25) is 0 Å². The Bertz CT molecular complexity index is 970. The maximum atomic E-state index is 12.0. The highest BCUT2D eigenvalue weighted by molar-refractivity contribution is 7.13. The predicted molar refractivity (Wildman–Crippen MR) is 79.1 cm³/mol. The first-order valence-electron chi connectivity index (χ1n) is 6.22. The molecule has 6 heteroatoms. The molecule has 1 aromatic carbocycles. The molecule has 21 heavy (non-hydrogen) atoms. The molecule has 0 saturated carbocycles. The molecule has 0 aliphatic rings. The number of benzene rings is 1. The van der Waals surface area contributed by atoms with Gasteiger partial charge in [-0.15, -0.1) is 11.3 Å². The van der Waals surface area contributed by atoms with Crippen LogP contribution in [0.15, 0.2) is 61.6 Å². The second kappa shape index (κ2) is 4.68. The van der Waals surface area contributed by atoms with E-state index in [0.717, 1.165) is 10.3 Å². The molecule has 0 fully saturated rings. The third-order valence-electron chi connectivity index (χ3n) is 3.04. The Kier molecular flexibility index (Phi) is 2.68. The minimum Gasteiger partial charge on any atom is -0.422 e. The molecule has 0 unspecified atom stereocenters. The van der Waals surface area contributed by atoms with E-state index in [0.29, 0.717) is 11.4 Å². The van der Waals surface area contributed by atoms with Crippen molar-refractivity contribution in [3.05, 3.63) is 58.3 Å². The van der Waals surface area contributed by atoms with Gasteiger partial charge < -0.3 is 8.94 Å². The van der Waals surface area contributed by atoms with Gasteiger partial charge in [-0.2, -0.15) is 4.98 Å². The Morgan fingerprint density at radius 1 is 1.10 bits per heavy atom. The first-order valence-corrected chi connectivity index (χ1v) is 7.10. The van der Waals surface area contributed by atoms with Crippen LogP contribution in [0.25, 0.3) is 33.1 Å². The highest BCUT2D eigenvalue weighted by Gasteiger charge is 2.16. The zero-order chi connectivity index (χ0) is 14.2. The summed E-state index contributed by atoms with van der Waals surface area (Å²) < 4.78 is 10.5. The summed E-state index contributed by atoms with van der Waals surface area (Å²) in [6.07, 6.45) is 0. The van der Waals surface area contributed by atoms with Crippen molar-refractivity contribution < 1.29 is 8.94 Å². The van der Waals surface area contributed by atoms with E-state index < -0.39 is 5.63 Å². The van der Waals surface area contributed by atoms with Crippen molar-refractivity contribution in [3.63, 3.8) is 0 Å². The van der Waals surface area contributed by atoms with Crippen LogP contribution in [0.5, 0.6) is 0 Å². The SMILES string of the molecule is O=c1oc2ccccc2cc1-c1nc(-c2cccs2)no1. The fourth-order valence-electron chi connectivity index (χ4n) is 2.05. The topological polar surface area (TPSA) is 69.1 Å². The molecule has 4 aromatic rings. The van der Waals surface area contributed by atoms with Gasteiger partial charge in [0.2, 0.25) is 5.82 Å². The molecule has 0 radical (unpaired) electrons. The van der Waals surface area contributed by atoms with Crippen LogP contribution >= 0.6 is 11.3 Å². The van der Waals surface area contributed by atoms with Crippen LogP contribution in [0.3, 0.4) is 0 Å². The summed E-state index contributed by atoms with van der Waals surface area (Å²) in [5.74, 6) is 0.630. The van der Waals surface area contributed by atoms with E-state index in [-0.39, 0.29) is 11.5 Å². The number of aromatic nitrogens is 2. The van der Waals surface area contributed by atoms with Crippen molar-refractivity contribution in [3.8, 4) is 22.2 Å². The molecular weight excluding hydrogens is 288 g/mol. The van der Waals surface area contributed by atoms with Gasteiger partial charge in [-0.05, 0) is 23.6 Å². The fraction of sp³-hybridized carbons (Fsp3) is 0. The predicted octanol–water partition coefficient (Wildman–Crippen LogP) is 3.57. The highest BCUT2D eigenvalue weighted by Crippen LogP contribution is 2.25. The molecule has 3 heterocycles. The summed E-state index contributed by atoms with van der Waals surface area (Å²) in [5, 5.41) is 6.63. The monoisotopic (exact) mass is 296 g/mol. The Morgan fingerprint density at radius 2 is 2.00 bits per heavy atom. The summed E-state index contributed by atoms with van der Waals surface area (Å²) >= 11 is 1.50. The third kappa shape index (κ3) is 2.05. The number of hydrogen-bond acceptors (Lipinski definition) is 6. The second-order valence-corrected chi connectivity index (χ2v) is 5.33. The van der Waals surface area contributed by atoms with Crippen molar-refractivity contribution in [1.29, 1.82) is 0 Å². The van der Waals surface area contributed by atoms with Crippen LogP contribution < -0.4 is 5.63 Å². The first kappa shape index (κ1) is 12.0. The van der Waals surface area contributed by atoms with Gasteiger partial charge in [0.15, 0.2) is 0 Å². The standard InChI is InChI=1S/C15H8N2O3S/c18-15-10(8-9-4-1-2-5-11(9)19-15)14-16-13(17-20-14)12-6-3-7-21-12/h1-8H. The Hall–Kier alpha value is -2.73. The average molecular weight is 296 g/mol. The summed E-state index contributed by atoms with van der Waals surface area (Å²) in [7, 11) is 0. The van der Waals surface area contributed by atoms with E-state index in [9.17, 15) is 4.79 Å². The molecule has 0 bridgehead atoms. The minimum absolute atomic E-state index is 0.165. The van der Waals surface area contributed by atoms with Crippen molar-refractivity contribution in [1.82, 2.24) is 10.1 Å². The Morgan fingerprint density at radius 3 is 2.86 bits per heavy atom. The lowest BCUT2D eigenvalue weighted by atomic mass is 10.2. The molecule has 0 amide bonds. The minimum atomic E-state index is -0.491. The maximum Gasteiger partial charge on any atom is 0.349 e. The van der Waals surface area contributed by atoms with Crippen molar-refractivity contribution in [2.75, 3.05) is 0 Å². The molecule has 0 spiro atoms. The normalized spacial score (nSPS) is 11.0. The average Bonchev–Trinajstić information content (AvgIpc) is 3.17. The van der Waals surface area contributed by atoms with E-state index in [2.05, 4.69) is 10.1 Å². The molecule has 4 rings (SSSR count). The van der Waals surface area contributed by atoms with Crippen molar-refractivity contribution in [2.24, 2.45) is 0 Å². The zero-order valence-electron chi connectivity index (χ0n) is 10.6. The highest BCUT2D eigenvalue weighted by atomic mass is 32.1. The lowest BCUT2D eigenvalue weighted by Crippen LogP contribution is -2.02. The number of nitrogens with zero attached hydrogens (tertiary/aromatic N) is 2. The molecular formula is C15H8N2O3S. The molecule has 0 N–H and O–H groups in total. The van der Waals surface area contributed by atoms with Gasteiger partial charge in [-0.3, -0.25) is 0 Å². The number of thiophene rings is 1. The van der Waals surface area contributed by atoms with Gasteiger partial charge >= 0.3 is 5.63 Å². The van der Waals surface area contributed by atoms with E-state index in [1.807, 2.05) is 35.7 Å². The van der Waals surface area contributed by atoms with Crippen molar-refractivity contribution in [2.45, 2.75) is 0 Å². The smallest absolute Gasteiger partial charge is 0.349 e. The van der Waals surface area contributed by atoms with Gasteiger partial charge in [-0.25, -0.2) is 4.79 Å². The molecule has 0 atom stereocenters. The maximum absolute atomic E-state index is 12.0. The quantitative estimate of drug-likeness (QED) is 0.529. The third-order valence-corrected chi connectivity index (χ3v) is 3.91. The van der Waals surface area contributed by atoms with Crippen LogP contribution in [-0.2, 0) is 0 Å². The second-order valence-electron chi connectivity index (χ2n) is 4.39. The number of hydrogen-bond donors (Lipinski definition) is 0. The Balaban J connectivity index is 1.87. The lowest BCUT2D eigenvalue weighted by Gasteiger charge is -1.97. The summed E-state index contributed by atoms with van der Waals surface area (Å²) in [6, 6.07) is 12.8. The molecule has 3 aromatic heterocycles. The van der Waals surface area contributed by atoms with Crippen molar-refractivity contribution >= 4 is 22.3 Å². The van der Waals surface area contributed by atoms with E-state index in [4.69, 9.17) is 8.94 Å². The van der Waals surface area contributed by atoms with Gasteiger partial charge in [0.05, 0.1) is 4.88 Å². The number of fused-ring (bicyclic) bond motifs is 1. The fourth-order valence-corrected chi connectivity index (χ4v) is 2.70. The van der Waals surface area contributed by atoms with Gasteiger partial charge in [-0.1, -0.05) is 29.4 Å². The van der Waals surface area contributed by atoms with Crippen LogP contribution in [0.4, 0.5) is 0 Å². The Labute approximate surface area is 122 Å². The van der Waals surface area contributed by atoms with Gasteiger partial charge in [0.1, 0.15) is 11.1 Å². The van der Waals surface area contributed by atoms with Crippen LogP contribution in [-0.4, -0.2) is 10.1 Å². The first-order chi connectivity index (χ1) is 10.3. The number of para-hydroxylation sites is 1. The molecule has 0 aliphatic carbocycles. The van der Waals surface area contributed by atoms with Crippen LogP contribution in [0, 0.1) is 0 Å². The lowest BCUT2D eigenvalue weighted by molar-refractivity contribution is 0.429. The van der Waals surface area contributed by atoms with E-state index in [1.54, 1.807) is 12.1 Å². The van der Waals surface area contributed by atoms with Crippen LogP contribution in [0.1, 0.15) is 0 Å². The summed E-state index contributed by atoms with van der Waals surface area (Å²) in [4.78, 5) is 17.2. The molecule has 0 saturated heterocycles. The molecule has 0 aliphatic heterocycles. The molecule has 5 nitrogen and oxygen atoms in total. The summed E-state index contributed by atoms with van der Waals surface area (Å²) in [6.45, 7) is 0. The summed E-state index contributed by atoms with van der Waals surface area (Å²) in [5.41, 5.74) is 0.309. The van der Waals surface area contributed by atoms with Gasteiger partial charge in [0.25, 0.3) is 5.89 Å². The van der Waals surface area contributed by atoms with Gasteiger partial charge in [0, 0.05) is 5.39 Å². The largest absolute Gasteiger partial charge is 0.422 e. The zero-order valence-corrected chi connectivity index (χ0v) is 11.5. The van der Waals surface area contributed by atoms with E-state index in [1.165, 1.54) is 11.3 Å².